The minimum Gasteiger partial charge on any atom is -0.450 e. The maximum atomic E-state index is 12.5. The predicted octanol–water partition coefficient (Wildman–Crippen LogP) is 1.51. The van der Waals surface area contributed by atoms with Crippen molar-refractivity contribution < 1.29 is 14.3 Å². The van der Waals surface area contributed by atoms with Gasteiger partial charge in [0.05, 0.1) is 12.8 Å². The average molecular weight is 347 g/mol. The molecule has 1 fully saturated rings. The van der Waals surface area contributed by atoms with Crippen molar-refractivity contribution >= 4 is 23.3 Å². The first-order valence-corrected chi connectivity index (χ1v) is 8.50. The molecule has 1 saturated heterocycles. The van der Waals surface area contributed by atoms with Gasteiger partial charge in [-0.15, -0.1) is 11.3 Å². The minimum absolute atomic E-state index is 0.134. The molecule has 0 N–H and O–H groups in total. The molecule has 1 aliphatic heterocycles. The van der Waals surface area contributed by atoms with E-state index < -0.39 is 0 Å². The van der Waals surface area contributed by atoms with Crippen LogP contribution in [-0.4, -0.2) is 69.5 Å². The van der Waals surface area contributed by atoms with Gasteiger partial charge in [-0.05, 0) is 6.92 Å². The van der Waals surface area contributed by atoms with Crippen LogP contribution in [0.15, 0.2) is 24.0 Å². The Kier molecular flexibility index (Phi) is 4.99. The number of carbonyl (C=O) groups excluding carboxylic acids is 2. The van der Waals surface area contributed by atoms with Crippen LogP contribution in [0, 0.1) is 0 Å². The Hall–Kier alpha value is -2.55. The Morgan fingerprint density at radius 3 is 2.62 bits per heavy atom. The fourth-order valence-electron chi connectivity index (χ4n) is 2.37. The summed E-state index contributed by atoms with van der Waals surface area (Å²) in [6, 6.07) is 0. The number of carbonyl (C=O) groups is 2. The van der Waals surface area contributed by atoms with Crippen LogP contribution in [0.3, 0.4) is 0 Å². The molecule has 9 heteroatoms. The zero-order valence-electron chi connectivity index (χ0n) is 13.2. The Labute approximate surface area is 143 Å². The summed E-state index contributed by atoms with van der Waals surface area (Å²) >= 11 is 1.36. The lowest BCUT2D eigenvalue weighted by Crippen LogP contribution is -2.50. The molecule has 126 valence electrons. The normalized spacial score (nSPS) is 14.5. The van der Waals surface area contributed by atoms with Gasteiger partial charge in [-0.2, -0.15) is 0 Å². The summed E-state index contributed by atoms with van der Waals surface area (Å²) in [4.78, 5) is 40.1. The number of piperazine rings is 1. The van der Waals surface area contributed by atoms with Crippen LogP contribution in [0.4, 0.5) is 4.79 Å². The first-order chi connectivity index (χ1) is 11.7. The average Bonchev–Trinajstić information content (AvgIpc) is 3.12. The summed E-state index contributed by atoms with van der Waals surface area (Å²) in [6.45, 7) is 3.99. The van der Waals surface area contributed by atoms with E-state index in [9.17, 15) is 9.59 Å². The summed E-state index contributed by atoms with van der Waals surface area (Å²) in [6.07, 6.45) is 4.47. The summed E-state index contributed by atoms with van der Waals surface area (Å²) in [5.41, 5.74) is 1.04. The van der Waals surface area contributed by atoms with Crippen LogP contribution >= 0.6 is 11.3 Å². The van der Waals surface area contributed by atoms with Crippen molar-refractivity contribution in [2.24, 2.45) is 0 Å². The smallest absolute Gasteiger partial charge is 0.409 e. The molecule has 2 amide bonds. The van der Waals surface area contributed by atoms with Crippen molar-refractivity contribution in [1.82, 2.24) is 24.8 Å². The molecule has 3 rings (SSSR count). The van der Waals surface area contributed by atoms with Crippen LogP contribution in [0.1, 0.15) is 17.4 Å². The van der Waals surface area contributed by atoms with E-state index in [4.69, 9.17) is 4.74 Å². The third kappa shape index (κ3) is 3.51. The number of amides is 2. The molecule has 2 aromatic heterocycles. The molecular formula is C15H17N5O3S. The molecule has 0 bridgehead atoms. The van der Waals surface area contributed by atoms with Gasteiger partial charge < -0.3 is 14.5 Å². The number of hydrogen-bond acceptors (Lipinski definition) is 7. The van der Waals surface area contributed by atoms with Gasteiger partial charge in [0.2, 0.25) is 0 Å². The molecule has 3 heterocycles. The molecule has 8 nitrogen and oxygen atoms in total. The number of ether oxygens (including phenoxy) is 1. The van der Waals surface area contributed by atoms with Gasteiger partial charge in [-0.3, -0.25) is 14.8 Å². The highest BCUT2D eigenvalue weighted by Gasteiger charge is 2.26. The molecule has 0 aliphatic carbocycles. The summed E-state index contributed by atoms with van der Waals surface area (Å²) in [5.74, 6) is -0.134. The highest BCUT2D eigenvalue weighted by molar-refractivity contribution is 7.13. The Morgan fingerprint density at radius 2 is 1.96 bits per heavy atom. The standard InChI is InChI=1S/C15H17N5O3S/c1-2-23-15(22)20-7-5-19(6-8-20)14(21)12-10-24-13(18-12)11-9-16-3-4-17-11/h3-4,9-10H,2,5-8H2,1H3. The predicted molar refractivity (Wildman–Crippen MR) is 87.6 cm³/mol. The Balaban J connectivity index is 1.62. The third-order valence-corrected chi connectivity index (χ3v) is 4.46. The van der Waals surface area contributed by atoms with E-state index in [2.05, 4.69) is 15.0 Å². The van der Waals surface area contributed by atoms with E-state index in [1.165, 1.54) is 11.3 Å². The molecular weight excluding hydrogens is 330 g/mol. The minimum atomic E-state index is -0.330. The SMILES string of the molecule is CCOC(=O)N1CCN(C(=O)c2csc(-c3cnccn3)n2)CC1. The lowest BCUT2D eigenvalue weighted by atomic mass is 10.3. The van der Waals surface area contributed by atoms with Crippen LogP contribution in [0.5, 0.6) is 0 Å². The molecule has 0 radical (unpaired) electrons. The monoisotopic (exact) mass is 347 g/mol. The molecule has 0 atom stereocenters. The number of rotatable bonds is 3. The number of aromatic nitrogens is 3. The highest BCUT2D eigenvalue weighted by atomic mass is 32.1. The second kappa shape index (κ2) is 7.35. The molecule has 2 aromatic rings. The molecule has 24 heavy (non-hydrogen) atoms. The zero-order chi connectivity index (χ0) is 16.9. The van der Waals surface area contributed by atoms with Gasteiger partial charge in [0.25, 0.3) is 5.91 Å². The molecule has 0 spiro atoms. The van der Waals surface area contributed by atoms with Crippen molar-refractivity contribution in [1.29, 1.82) is 0 Å². The maximum absolute atomic E-state index is 12.5. The second-order valence-corrected chi connectivity index (χ2v) is 5.96. The topological polar surface area (TPSA) is 88.5 Å². The fourth-order valence-corrected chi connectivity index (χ4v) is 3.12. The van der Waals surface area contributed by atoms with E-state index in [0.717, 1.165) is 0 Å². The number of nitrogens with zero attached hydrogens (tertiary/aromatic N) is 5. The maximum Gasteiger partial charge on any atom is 0.409 e. The van der Waals surface area contributed by atoms with Gasteiger partial charge in [-0.1, -0.05) is 0 Å². The van der Waals surface area contributed by atoms with Gasteiger partial charge in [0.15, 0.2) is 0 Å². The quantitative estimate of drug-likeness (QED) is 0.836. The molecule has 0 saturated carbocycles. The van der Waals surface area contributed by atoms with Gasteiger partial charge in [0, 0.05) is 44.0 Å². The van der Waals surface area contributed by atoms with Crippen molar-refractivity contribution in [2.45, 2.75) is 6.92 Å². The Bertz CT molecular complexity index is 713. The van der Waals surface area contributed by atoms with E-state index in [-0.39, 0.29) is 12.0 Å². The molecule has 0 unspecified atom stereocenters. The first kappa shape index (κ1) is 16.3. The zero-order valence-corrected chi connectivity index (χ0v) is 14.0. The van der Waals surface area contributed by atoms with E-state index >= 15 is 0 Å². The van der Waals surface area contributed by atoms with E-state index in [1.807, 2.05) is 0 Å². The molecule has 1 aliphatic rings. The van der Waals surface area contributed by atoms with Crippen LogP contribution < -0.4 is 0 Å². The van der Waals surface area contributed by atoms with Gasteiger partial charge in [-0.25, -0.2) is 9.78 Å². The third-order valence-electron chi connectivity index (χ3n) is 3.60. The summed E-state index contributed by atoms with van der Waals surface area (Å²) in [7, 11) is 0. The fraction of sp³-hybridized carbons (Fsp3) is 0.400. The van der Waals surface area contributed by atoms with E-state index in [1.54, 1.807) is 40.7 Å². The van der Waals surface area contributed by atoms with Crippen LogP contribution in [-0.2, 0) is 4.74 Å². The van der Waals surface area contributed by atoms with E-state index in [0.29, 0.717) is 49.2 Å². The summed E-state index contributed by atoms with van der Waals surface area (Å²) in [5, 5.41) is 2.39. The van der Waals surface area contributed by atoms with Crippen molar-refractivity contribution in [3.05, 3.63) is 29.7 Å². The van der Waals surface area contributed by atoms with Gasteiger partial charge >= 0.3 is 6.09 Å². The first-order valence-electron chi connectivity index (χ1n) is 7.62. The van der Waals surface area contributed by atoms with Gasteiger partial charge in [0.1, 0.15) is 16.4 Å². The Morgan fingerprint density at radius 1 is 1.21 bits per heavy atom. The van der Waals surface area contributed by atoms with Crippen molar-refractivity contribution in [3.63, 3.8) is 0 Å². The van der Waals surface area contributed by atoms with Crippen LogP contribution in [0.2, 0.25) is 0 Å². The number of thiazole rings is 1. The molecule has 0 aromatic carbocycles. The lowest BCUT2D eigenvalue weighted by molar-refractivity contribution is 0.0566. The highest BCUT2D eigenvalue weighted by Crippen LogP contribution is 2.21. The largest absolute Gasteiger partial charge is 0.450 e. The lowest BCUT2D eigenvalue weighted by Gasteiger charge is -2.33. The van der Waals surface area contributed by atoms with Crippen molar-refractivity contribution in [3.8, 4) is 10.7 Å². The second-order valence-electron chi connectivity index (χ2n) is 5.11. The summed E-state index contributed by atoms with van der Waals surface area (Å²) < 4.78 is 4.97. The number of hydrogen-bond donors (Lipinski definition) is 0. The van der Waals surface area contributed by atoms with Crippen LogP contribution in [0.25, 0.3) is 10.7 Å². The van der Waals surface area contributed by atoms with Crippen molar-refractivity contribution in [2.75, 3.05) is 32.8 Å².